The minimum absolute atomic E-state index is 0.0906. The Balaban J connectivity index is 2.61. The molecule has 0 bridgehead atoms. The number of carbonyl (C=O) groups is 1. The Morgan fingerprint density at radius 3 is 2.75 bits per heavy atom. The summed E-state index contributed by atoms with van der Waals surface area (Å²) >= 11 is 6.10. The summed E-state index contributed by atoms with van der Waals surface area (Å²) < 4.78 is 0. The minimum Gasteiger partial charge on any atom is -0.374 e. The number of fused-ring (bicyclic) bond motifs is 1. The molecule has 1 heterocycles. The molecule has 0 saturated heterocycles. The molecule has 1 aliphatic heterocycles. The molecule has 1 aliphatic rings. The summed E-state index contributed by atoms with van der Waals surface area (Å²) in [6.45, 7) is 6.31. The second-order valence-electron chi connectivity index (χ2n) is 4.28. The molecule has 0 aliphatic carbocycles. The van der Waals surface area contributed by atoms with Gasteiger partial charge in [0.1, 0.15) is 0 Å². The van der Waals surface area contributed by atoms with Crippen LogP contribution >= 0.6 is 11.6 Å². The van der Waals surface area contributed by atoms with E-state index in [0.717, 1.165) is 16.9 Å². The Labute approximate surface area is 100 Å². The number of anilines is 2. The number of nitrogens with one attached hydrogen (secondary N) is 1. The van der Waals surface area contributed by atoms with Gasteiger partial charge in [-0.15, -0.1) is 0 Å². The van der Waals surface area contributed by atoms with E-state index in [0.29, 0.717) is 11.6 Å². The van der Waals surface area contributed by atoms with Crippen molar-refractivity contribution >= 4 is 28.9 Å². The number of carbonyl (C=O) groups excluding carboxylic acids is 1. The normalized spacial score (nSPS) is 15.1. The predicted molar refractivity (Wildman–Crippen MR) is 67.3 cm³/mol. The van der Waals surface area contributed by atoms with Crippen LogP contribution < -0.4 is 10.2 Å². The molecule has 0 saturated carbocycles. The van der Waals surface area contributed by atoms with Gasteiger partial charge in [0.05, 0.1) is 17.9 Å². The molecule has 86 valence electrons. The lowest BCUT2D eigenvalue weighted by Crippen LogP contribution is -2.44. The van der Waals surface area contributed by atoms with Gasteiger partial charge in [-0.05, 0) is 38.5 Å². The first-order chi connectivity index (χ1) is 7.52. The van der Waals surface area contributed by atoms with E-state index in [4.69, 9.17) is 11.6 Å². The number of amides is 1. The second-order valence-corrected chi connectivity index (χ2v) is 4.69. The van der Waals surface area contributed by atoms with Gasteiger partial charge >= 0.3 is 0 Å². The van der Waals surface area contributed by atoms with Gasteiger partial charge in [-0.2, -0.15) is 0 Å². The third kappa shape index (κ3) is 1.65. The lowest BCUT2D eigenvalue weighted by atomic mass is 10.1. The molecule has 0 radical (unpaired) electrons. The van der Waals surface area contributed by atoms with Crippen molar-refractivity contribution in [1.82, 2.24) is 0 Å². The molecule has 2 rings (SSSR count). The summed E-state index contributed by atoms with van der Waals surface area (Å²) in [7, 11) is 0. The topological polar surface area (TPSA) is 32.3 Å². The van der Waals surface area contributed by atoms with Gasteiger partial charge in [0.2, 0.25) is 5.91 Å². The fourth-order valence-corrected chi connectivity index (χ4v) is 2.21. The van der Waals surface area contributed by atoms with Crippen molar-refractivity contribution in [3.8, 4) is 0 Å². The summed E-state index contributed by atoms with van der Waals surface area (Å²) in [6, 6.07) is 3.93. The molecular weight excluding hydrogens is 224 g/mol. The molecule has 1 N–H and O–H groups in total. The molecule has 1 aromatic carbocycles. The zero-order chi connectivity index (χ0) is 11.9. The molecule has 4 heteroatoms. The van der Waals surface area contributed by atoms with Crippen LogP contribution in [0.4, 0.5) is 11.4 Å². The van der Waals surface area contributed by atoms with Gasteiger partial charge in [0.15, 0.2) is 0 Å². The first kappa shape index (κ1) is 11.3. The predicted octanol–water partition coefficient (Wildman–Crippen LogP) is 2.82. The number of hydrogen-bond donors (Lipinski definition) is 1. The molecule has 0 aromatic heterocycles. The molecule has 0 unspecified atom stereocenters. The van der Waals surface area contributed by atoms with Crippen LogP contribution in [0.25, 0.3) is 0 Å². The Bertz CT molecular complexity index is 443. The van der Waals surface area contributed by atoms with Crippen LogP contribution in [0, 0.1) is 6.92 Å². The van der Waals surface area contributed by atoms with E-state index >= 15 is 0 Å². The first-order valence-corrected chi connectivity index (χ1v) is 5.75. The van der Waals surface area contributed by atoms with Crippen molar-refractivity contribution in [2.24, 2.45) is 0 Å². The van der Waals surface area contributed by atoms with E-state index in [1.54, 1.807) is 0 Å². The van der Waals surface area contributed by atoms with Gasteiger partial charge in [-0.25, -0.2) is 0 Å². The molecule has 1 amide bonds. The molecular formula is C12H15ClN2O. The Morgan fingerprint density at radius 2 is 2.12 bits per heavy atom. The van der Waals surface area contributed by atoms with E-state index in [1.807, 2.05) is 37.8 Å². The van der Waals surface area contributed by atoms with Crippen LogP contribution in [-0.2, 0) is 4.79 Å². The Kier molecular flexibility index (Phi) is 2.80. The van der Waals surface area contributed by atoms with Gasteiger partial charge in [-0.1, -0.05) is 11.6 Å². The molecule has 0 spiro atoms. The van der Waals surface area contributed by atoms with Crippen molar-refractivity contribution in [2.45, 2.75) is 26.8 Å². The Hall–Kier alpha value is -1.22. The fourth-order valence-electron chi connectivity index (χ4n) is 2.06. The number of rotatable bonds is 1. The van der Waals surface area contributed by atoms with Gasteiger partial charge in [0.25, 0.3) is 0 Å². The SMILES string of the molecule is Cc1c(Cl)ccc2c1N(C(C)C)C(=O)CN2. The lowest BCUT2D eigenvalue weighted by Gasteiger charge is -2.34. The van der Waals surface area contributed by atoms with E-state index in [2.05, 4.69) is 5.32 Å². The van der Waals surface area contributed by atoms with Crippen LogP contribution in [0.15, 0.2) is 12.1 Å². The summed E-state index contributed by atoms with van der Waals surface area (Å²) in [4.78, 5) is 13.7. The van der Waals surface area contributed by atoms with Crippen molar-refractivity contribution in [3.05, 3.63) is 22.7 Å². The quantitative estimate of drug-likeness (QED) is 0.816. The zero-order valence-corrected chi connectivity index (χ0v) is 10.4. The maximum atomic E-state index is 11.9. The van der Waals surface area contributed by atoms with Crippen LogP contribution in [0.5, 0.6) is 0 Å². The van der Waals surface area contributed by atoms with Gasteiger partial charge in [-0.3, -0.25) is 4.79 Å². The molecule has 0 fully saturated rings. The van der Waals surface area contributed by atoms with E-state index in [-0.39, 0.29) is 11.9 Å². The standard InChI is InChI=1S/C12H15ClN2O/c1-7(2)15-11(16)6-14-10-5-4-9(13)8(3)12(10)15/h4-5,7,14H,6H2,1-3H3. The van der Waals surface area contributed by atoms with Crippen LogP contribution in [0.1, 0.15) is 19.4 Å². The fraction of sp³-hybridized carbons (Fsp3) is 0.417. The number of halogens is 1. The smallest absolute Gasteiger partial charge is 0.246 e. The first-order valence-electron chi connectivity index (χ1n) is 5.37. The summed E-state index contributed by atoms with van der Waals surface area (Å²) in [6.07, 6.45) is 0. The monoisotopic (exact) mass is 238 g/mol. The lowest BCUT2D eigenvalue weighted by molar-refractivity contribution is -0.117. The average Bonchev–Trinajstić information content (AvgIpc) is 2.23. The van der Waals surface area contributed by atoms with Crippen LogP contribution in [0.3, 0.4) is 0 Å². The van der Waals surface area contributed by atoms with E-state index in [1.165, 1.54) is 0 Å². The maximum Gasteiger partial charge on any atom is 0.246 e. The molecule has 3 nitrogen and oxygen atoms in total. The van der Waals surface area contributed by atoms with Crippen molar-refractivity contribution in [2.75, 3.05) is 16.8 Å². The second kappa shape index (κ2) is 3.98. The van der Waals surface area contributed by atoms with Crippen molar-refractivity contribution in [3.63, 3.8) is 0 Å². The minimum atomic E-state index is 0.0906. The molecule has 16 heavy (non-hydrogen) atoms. The Morgan fingerprint density at radius 1 is 1.44 bits per heavy atom. The summed E-state index contributed by atoms with van der Waals surface area (Å²) in [5.74, 6) is 0.0906. The van der Waals surface area contributed by atoms with Crippen molar-refractivity contribution in [1.29, 1.82) is 0 Å². The zero-order valence-electron chi connectivity index (χ0n) is 9.67. The number of hydrogen-bond acceptors (Lipinski definition) is 2. The van der Waals surface area contributed by atoms with Crippen LogP contribution in [0.2, 0.25) is 5.02 Å². The van der Waals surface area contributed by atoms with Crippen LogP contribution in [-0.4, -0.2) is 18.5 Å². The third-order valence-corrected chi connectivity index (χ3v) is 3.23. The van der Waals surface area contributed by atoms with Gasteiger partial charge in [0, 0.05) is 11.1 Å². The molecule has 1 aromatic rings. The highest BCUT2D eigenvalue weighted by Crippen LogP contribution is 2.37. The van der Waals surface area contributed by atoms with E-state index in [9.17, 15) is 4.79 Å². The summed E-state index contributed by atoms with van der Waals surface area (Å²) in [5.41, 5.74) is 2.85. The highest BCUT2D eigenvalue weighted by Gasteiger charge is 2.28. The number of nitrogens with zero attached hydrogens (tertiary/aromatic N) is 1. The third-order valence-electron chi connectivity index (χ3n) is 2.82. The van der Waals surface area contributed by atoms with E-state index < -0.39 is 0 Å². The maximum absolute atomic E-state index is 11.9. The van der Waals surface area contributed by atoms with Gasteiger partial charge < -0.3 is 10.2 Å². The van der Waals surface area contributed by atoms with Crippen molar-refractivity contribution < 1.29 is 4.79 Å². The average molecular weight is 239 g/mol. The summed E-state index contributed by atoms with van der Waals surface area (Å²) in [5, 5.41) is 3.81. The molecule has 0 atom stereocenters. The highest BCUT2D eigenvalue weighted by atomic mass is 35.5. The largest absolute Gasteiger partial charge is 0.374 e. The number of benzene rings is 1. The highest BCUT2D eigenvalue weighted by molar-refractivity contribution is 6.32.